The number of imidazole rings is 1. The Kier molecular flexibility index (Phi) is 2.94. The van der Waals surface area contributed by atoms with Crippen molar-refractivity contribution in [2.45, 2.75) is 25.8 Å². The van der Waals surface area contributed by atoms with E-state index in [0.717, 1.165) is 22.4 Å². The third-order valence-electron chi connectivity index (χ3n) is 4.76. The molecule has 0 radical (unpaired) electrons. The standard InChI is InChI=1S/C17H18N8/c1-10(11-2-3-11)20-17-21-16(18)15-12(6-8-25(15)23-17)13-4-5-14-19-7-9-24(14)22-13/h4-11H,2-3H2,1H3,(H3,18,20,21,23)/t10-/m1/s1. The Labute approximate surface area is 143 Å². The van der Waals surface area contributed by atoms with Gasteiger partial charge in [-0.2, -0.15) is 10.1 Å². The molecule has 25 heavy (non-hydrogen) atoms. The van der Waals surface area contributed by atoms with Crippen LogP contribution in [0.3, 0.4) is 0 Å². The van der Waals surface area contributed by atoms with Crippen molar-refractivity contribution in [1.29, 1.82) is 0 Å². The smallest absolute Gasteiger partial charge is 0.243 e. The molecule has 8 heteroatoms. The van der Waals surface area contributed by atoms with Crippen LogP contribution >= 0.6 is 0 Å². The predicted octanol–water partition coefficient (Wildman–Crippen LogP) is 2.23. The summed E-state index contributed by atoms with van der Waals surface area (Å²) < 4.78 is 3.50. The van der Waals surface area contributed by atoms with Gasteiger partial charge in [-0.15, -0.1) is 5.10 Å². The van der Waals surface area contributed by atoms with Crippen LogP contribution in [0.2, 0.25) is 0 Å². The summed E-state index contributed by atoms with van der Waals surface area (Å²) in [5, 5.41) is 12.5. The van der Waals surface area contributed by atoms with E-state index in [2.05, 4.69) is 32.4 Å². The second kappa shape index (κ2) is 5.17. The number of hydrogen-bond donors (Lipinski definition) is 2. The topological polar surface area (TPSA) is 98.4 Å². The number of fused-ring (bicyclic) bond motifs is 2. The number of nitrogens with zero attached hydrogens (tertiary/aromatic N) is 6. The Morgan fingerprint density at radius 3 is 2.88 bits per heavy atom. The third kappa shape index (κ3) is 2.37. The number of nitrogens with one attached hydrogen (secondary N) is 1. The van der Waals surface area contributed by atoms with Crippen molar-refractivity contribution < 1.29 is 0 Å². The first-order valence-electron chi connectivity index (χ1n) is 8.41. The molecule has 0 spiro atoms. The molecule has 0 saturated heterocycles. The second-order valence-corrected chi connectivity index (χ2v) is 6.56. The SMILES string of the molecule is C[C@@H](Nc1nc(N)c2c(-c3ccc4nccn4n3)ccn2n1)C1CC1. The van der Waals surface area contributed by atoms with Gasteiger partial charge in [-0.1, -0.05) is 0 Å². The molecule has 4 aromatic heterocycles. The first kappa shape index (κ1) is 14.2. The summed E-state index contributed by atoms with van der Waals surface area (Å²) in [5.41, 5.74) is 9.50. The van der Waals surface area contributed by atoms with Gasteiger partial charge in [0.1, 0.15) is 5.52 Å². The van der Waals surface area contributed by atoms with Crippen molar-refractivity contribution in [3.05, 3.63) is 36.8 Å². The summed E-state index contributed by atoms with van der Waals surface area (Å²) in [6.45, 7) is 2.16. The van der Waals surface area contributed by atoms with E-state index in [-0.39, 0.29) is 0 Å². The number of rotatable bonds is 4. The van der Waals surface area contributed by atoms with E-state index < -0.39 is 0 Å². The highest BCUT2D eigenvalue weighted by Crippen LogP contribution is 2.34. The lowest BCUT2D eigenvalue weighted by molar-refractivity contribution is 0.681. The van der Waals surface area contributed by atoms with Crippen molar-refractivity contribution >= 4 is 22.9 Å². The molecule has 126 valence electrons. The van der Waals surface area contributed by atoms with Crippen molar-refractivity contribution in [3.8, 4) is 11.3 Å². The number of anilines is 2. The van der Waals surface area contributed by atoms with Gasteiger partial charge in [0.15, 0.2) is 11.5 Å². The van der Waals surface area contributed by atoms with Crippen molar-refractivity contribution in [1.82, 2.24) is 29.2 Å². The largest absolute Gasteiger partial charge is 0.382 e. The maximum absolute atomic E-state index is 6.24. The van der Waals surface area contributed by atoms with E-state index in [1.54, 1.807) is 15.2 Å². The Morgan fingerprint density at radius 2 is 2.04 bits per heavy atom. The van der Waals surface area contributed by atoms with Gasteiger partial charge in [0.25, 0.3) is 0 Å². The first-order valence-corrected chi connectivity index (χ1v) is 8.41. The van der Waals surface area contributed by atoms with Crippen LogP contribution in [0.5, 0.6) is 0 Å². The molecule has 5 rings (SSSR count). The van der Waals surface area contributed by atoms with E-state index in [1.807, 2.05) is 30.6 Å². The molecule has 1 atom stereocenters. The summed E-state index contributed by atoms with van der Waals surface area (Å²) >= 11 is 0. The number of nitrogens with two attached hydrogens (primary N) is 1. The minimum Gasteiger partial charge on any atom is -0.382 e. The molecule has 0 aromatic carbocycles. The summed E-state index contributed by atoms with van der Waals surface area (Å²) in [6.07, 6.45) is 7.96. The lowest BCUT2D eigenvalue weighted by Crippen LogP contribution is -2.20. The van der Waals surface area contributed by atoms with E-state index in [4.69, 9.17) is 5.73 Å². The Hall–Kier alpha value is -3.16. The van der Waals surface area contributed by atoms with Crippen molar-refractivity contribution in [2.24, 2.45) is 5.92 Å². The fourth-order valence-corrected chi connectivity index (χ4v) is 3.20. The van der Waals surface area contributed by atoms with Crippen molar-refractivity contribution in [3.63, 3.8) is 0 Å². The molecule has 1 saturated carbocycles. The quantitative estimate of drug-likeness (QED) is 0.594. The molecule has 0 amide bonds. The molecule has 0 unspecified atom stereocenters. The maximum atomic E-state index is 6.24. The summed E-state index contributed by atoms with van der Waals surface area (Å²) in [6, 6.07) is 6.17. The van der Waals surface area contributed by atoms with Gasteiger partial charge in [0, 0.05) is 30.2 Å². The van der Waals surface area contributed by atoms with Gasteiger partial charge in [-0.25, -0.2) is 14.0 Å². The van der Waals surface area contributed by atoms with Gasteiger partial charge in [-0.3, -0.25) is 0 Å². The highest BCUT2D eigenvalue weighted by atomic mass is 15.3. The number of aromatic nitrogens is 6. The van der Waals surface area contributed by atoms with Gasteiger partial charge in [-0.05, 0) is 43.9 Å². The Bertz CT molecular complexity index is 1070. The molecule has 4 aromatic rings. The minimum atomic E-state index is 0.359. The van der Waals surface area contributed by atoms with Crippen LogP contribution in [-0.4, -0.2) is 35.2 Å². The van der Waals surface area contributed by atoms with Crippen LogP contribution in [-0.2, 0) is 0 Å². The average Bonchev–Trinajstić information content (AvgIpc) is 3.20. The molecular formula is C17H18N8. The van der Waals surface area contributed by atoms with E-state index in [1.165, 1.54) is 12.8 Å². The van der Waals surface area contributed by atoms with E-state index in [9.17, 15) is 0 Å². The highest BCUT2D eigenvalue weighted by Gasteiger charge is 2.28. The minimum absolute atomic E-state index is 0.359. The lowest BCUT2D eigenvalue weighted by Gasteiger charge is -2.13. The van der Waals surface area contributed by atoms with Crippen LogP contribution in [0.15, 0.2) is 36.8 Å². The predicted molar refractivity (Wildman–Crippen MR) is 95.2 cm³/mol. The van der Waals surface area contributed by atoms with E-state index in [0.29, 0.717) is 23.7 Å². The van der Waals surface area contributed by atoms with Crippen LogP contribution in [0, 0.1) is 5.92 Å². The van der Waals surface area contributed by atoms with Crippen LogP contribution in [0.25, 0.3) is 22.4 Å². The molecule has 1 fully saturated rings. The normalized spacial score (nSPS) is 15.7. The van der Waals surface area contributed by atoms with Crippen LogP contribution in [0.4, 0.5) is 11.8 Å². The van der Waals surface area contributed by atoms with Crippen molar-refractivity contribution in [2.75, 3.05) is 11.1 Å². The van der Waals surface area contributed by atoms with Gasteiger partial charge in [0.2, 0.25) is 5.95 Å². The fourth-order valence-electron chi connectivity index (χ4n) is 3.20. The molecule has 4 heterocycles. The van der Waals surface area contributed by atoms with Gasteiger partial charge < -0.3 is 11.1 Å². The average molecular weight is 334 g/mol. The molecule has 0 bridgehead atoms. The summed E-state index contributed by atoms with van der Waals surface area (Å²) in [7, 11) is 0. The van der Waals surface area contributed by atoms with Gasteiger partial charge >= 0.3 is 0 Å². The first-order chi connectivity index (χ1) is 12.2. The van der Waals surface area contributed by atoms with E-state index >= 15 is 0 Å². The Balaban J connectivity index is 1.57. The second-order valence-electron chi connectivity index (χ2n) is 6.56. The maximum Gasteiger partial charge on any atom is 0.243 e. The zero-order valence-corrected chi connectivity index (χ0v) is 13.8. The molecule has 3 N–H and O–H groups in total. The summed E-state index contributed by atoms with van der Waals surface area (Å²) in [4.78, 5) is 8.67. The lowest BCUT2D eigenvalue weighted by atomic mass is 10.2. The molecule has 1 aliphatic carbocycles. The zero-order chi connectivity index (χ0) is 17.0. The Morgan fingerprint density at radius 1 is 1.16 bits per heavy atom. The van der Waals surface area contributed by atoms with Crippen LogP contribution < -0.4 is 11.1 Å². The summed E-state index contributed by atoms with van der Waals surface area (Å²) in [5.74, 6) is 1.71. The monoisotopic (exact) mass is 334 g/mol. The third-order valence-corrected chi connectivity index (χ3v) is 4.76. The molecular weight excluding hydrogens is 316 g/mol. The zero-order valence-electron chi connectivity index (χ0n) is 13.8. The highest BCUT2D eigenvalue weighted by molar-refractivity contribution is 5.86. The van der Waals surface area contributed by atoms with Gasteiger partial charge in [0.05, 0.1) is 5.69 Å². The number of hydrogen-bond acceptors (Lipinski definition) is 6. The molecule has 0 aliphatic heterocycles. The fraction of sp³-hybridized carbons (Fsp3) is 0.294. The van der Waals surface area contributed by atoms with Crippen LogP contribution in [0.1, 0.15) is 19.8 Å². The number of nitrogen functional groups attached to an aromatic ring is 1. The molecule has 1 aliphatic rings. The molecule has 8 nitrogen and oxygen atoms in total.